The van der Waals surface area contributed by atoms with Crippen molar-refractivity contribution in [1.82, 2.24) is 4.98 Å². The molecule has 27 heavy (non-hydrogen) atoms. The van der Waals surface area contributed by atoms with Crippen LogP contribution in [0.5, 0.6) is 0 Å². The molecule has 0 aliphatic rings. The van der Waals surface area contributed by atoms with Crippen LogP contribution in [0.3, 0.4) is 0 Å². The Morgan fingerprint density at radius 1 is 0.704 bits per heavy atom. The third-order valence-electron chi connectivity index (χ3n) is 5.09. The first-order chi connectivity index (χ1) is 13.1. The molecule has 4 aromatic rings. The lowest BCUT2D eigenvalue weighted by molar-refractivity contribution is -0.659. The van der Waals surface area contributed by atoms with E-state index in [0.717, 1.165) is 0 Å². The predicted octanol–water partition coefficient (Wildman–Crippen LogP) is 5.52. The van der Waals surface area contributed by atoms with Crippen LogP contribution in [0.25, 0.3) is 33.5 Å². The molecule has 0 saturated carbocycles. The topological polar surface area (TPSA) is 16.8 Å². The molecular formula is C25H23N2+. The largest absolute Gasteiger partial charge is 0.264 e. The molecule has 0 fully saturated rings. The second-order valence-corrected chi connectivity index (χ2v) is 6.97. The Bertz CT molecular complexity index is 1100. The SMILES string of the molecule is Cc1ccncc1-c1ccc(-c2c(C)cccc2-c2ccccc2)c[n+]1C. The number of rotatable bonds is 3. The van der Waals surface area contributed by atoms with Crippen molar-refractivity contribution in [3.8, 4) is 33.5 Å². The van der Waals surface area contributed by atoms with Gasteiger partial charge >= 0.3 is 0 Å². The summed E-state index contributed by atoms with van der Waals surface area (Å²) in [6.07, 6.45) is 6.00. The fourth-order valence-electron chi connectivity index (χ4n) is 3.68. The molecule has 0 aliphatic heterocycles. The van der Waals surface area contributed by atoms with Crippen LogP contribution in [0, 0.1) is 13.8 Å². The monoisotopic (exact) mass is 351 g/mol. The quantitative estimate of drug-likeness (QED) is 0.444. The van der Waals surface area contributed by atoms with Gasteiger partial charge in [0.1, 0.15) is 7.05 Å². The van der Waals surface area contributed by atoms with E-state index in [4.69, 9.17) is 0 Å². The number of aryl methyl sites for hydroxylation is 3. The van der Waals surface area contributed by atoms with Crippen LogP contribution in [-0.4, -0.2) is 4.98 Å². The summed E-state index contributed by atoms with van der Waals surface area (Å²) in [5, 5.41) is 0. The van der Waals surface area contributed by atoms with Crippen LogP contribution in [0.2, 0.25) is 0 Å². The highest BCUT2D eigenvalue weighted by Crippen LogP contribution is 2.34. The number of aromatic nitrogens is 2. The van der Waals surface area contributed by atoms with Gasteiger partial charge in [0.05, 0.1) is 5.56 Å². The first kappa shape index (κ1) is 17.2. The van der Waals surface area contributed by atoms with E-state index < -0.39 is 0 Å². The molecule has 2 heteroatoms. The van der Waals surface area contributed by atoms with Crippen LogP contribution >= 0.6 is 0 Å². The van der Waals surface area contributed by atoms with Crippen molar-refractivity contribution >= 4 is 0 Å². The molecule has 0 atom stereocenters. The van der Waals surface area contributed by atoms with Gasteiger partial charge in [-0.1, -0.05) is 48.5 Å². The van der Waals surface area contributed by atoms with E-state index in [2.05, 4.69) is 103 Å². The standard InChI is InChI=1S/C25H23N2/c1-18-14-15-26-16-23(18)24-13-12-21(17-27(24)3)25-19(2)8-7-11-22(25)20-9-5-4-6-10-20/h4-17H,1-3H3/q+1. The van der Waals surface area contributed by atoms with Gasteiger partial charge in [0.25, 0.3) is 0 Å². The highest BCUT2D eigenvalue weighted by Gasteiger charge is 2.17. The van der Waals surface area contributed by atoms with Crippen LogP contribution < -0.4 is 4.57 Å². The molecule has 132 valence electrons. The van der Waals surface area contributed by atoms with Gasteiger partial charge in [0.2, 0.25) is 5.69 Å². The summed E-state index contributed by atoms with van der Waals surface area (Å²) < 4.78 is 2.19. The highest BCUT2D eigenvalue weighted by molar-refractivity contribution is 5.85. The Labute approximate surface area is 160 Å². The molecule has 0 amide bonds. The van der Waals surface area contributed by atoms with Gasteiger partial charge < -0.3 is 0 Å². The zero-order valence-electron chi connectivity index (χ0n) is 16.0. The van der Waals surface area contributed by atoms with Gasteiger partial charge in [0.15, 0.2) is 6.20 Å². The van der Waals surface area contributed by atoms with Crippen molar-refractivity contribution in [1.29, 1.82) is 0 Å². The zero-order chi connectivity index (χ0) is 18.8. The van der Waals surface area contributed by atoms with Crippen LogP contribution in [0.15, 0.2) is 85.3 Å². The number of benzene rings is 2. The molecular weight excluding hydrogens is 328 g/mol. The smallest absolute Gasteiger partial charge is 0.214 e. The number of pyridine rings is 2. The van der Waals surface area contributed by atoms with E-state index in [1.54, 1.807) is 0 Å². The fourth-order valence-corrected chi connectivity index (χ4v) is 3.68. The van der Waals surface area contributed by atoms with Crippen molar-refractivity contribution in [2.24, 2.45) is 7.05 Å². The number of hydrogen-bond acceptors (Lipinski definition) is 1. The van der Waals surface area contributed by atoms with E-state index in [9.17, 15) is 0 Å². The Balaban J connectivity index is 1.87. The molecule has 0 N–H and O–H groups in total. The van der Waals surface area contributed by atoms with Gasteiger partial charge in [-0.25, -0.2) is 4.57 Å². The lowest BCUT2D eigenvalue weighted by Crippen LogP contribution is -2.31. The minimum Gasteiger partial charge on any atom is -0.264 e. The maximum Gasteiger partial charge on any atom is 0.214 e. The molecule has 0 aliphatic carbocycles. The lowest BCUT2D eigenvalue weighted by Gasteiger charge is -2.13. The average Bonchev–Trinajstić information content (AvgIpc) is 2.69. The van der Waals surface area contributed by atoms with Gasteiger partial charge in [-0.15, -0.1) is 0 Å². The Morgan fingerprint density at radius 3 is 2.26 bits per heavy atom. The summed E-state index contributed by atoms with van der Waals surface area (Å²) in [5.74, 6) is 0. The van der Waals surface area contributed by atoms with E-state index in [1.807, 2.05) is 12.4 Å². The van der Waals surface area contributed by atoms with Crippen molar-refractivity contribution in [2.45, 2.75) is 13.8 Å². The first-order valence-electron chi connectivity index (χ1n) is 9.21. The first-order valence-corrected chi connectivity index (χ1v) is 9.21. The highest BCUT2D eigenvalue weighted by atomic mass is 14.9. The molecule has 2 heterocycles. The van der Waals surface area contributed by atoms with Crippen LogP contribution in [0.4, 0.5) is 0 Å². The summed E-state index contributed by atoms with van der Waals surface area (Å²) in [6, 6.07) is 23.6. The van der Waals surface area contributed by atoms with Crippen molar-refractivity contribution < 1.29 is 4.57 Å². The van der Waals surface area contributed by atoms with Gasteiger partial charge in [-0.3, -0.25) is 4.98 Å². The molecule has 0 bridgehead atoms. The van der Waals surface area contributed by atoms with Gasteiger partial charge in [-0.05, 0) is 53.8 Å². The van der Waals surface area contributed by atoms with Crippen LogP contribution in [0.1, 0.15) is 11.1 Å². The predicted molar refractivity (Wildman–Crippen MR) is 111 cm³/mol. The third-order valence-corrected chi connectivity index (χ3v) is 5.09. The van der Waals surface area contributed by atoms with Gasteiger partial charge in [-0.2, -0.15) is 0 Å². The number of nitrogens with zero attached hydrogens (tertiary/aromatic N) is 2. The molecule has 2 aromatic heterocycles. The van der Waals surface area contributed by atoms with E-state index in [0.29, 0.717) is 0 Å². The lowest BCUT2D eigenvalue weighted by atomic mass is 9.91. The second-order valence-electron chi connectivity index (χ2n) is 6.97. The molecule has 0 spiro atoms. The summed E-state index contributed by atoms with van der Waals surface area (Å²) in [7, 11) is 2.10. The Kier molecular flexibility index (Phi) is 4.55. The molecule has 0 unspecified atom stereocenters. The van der Waals surface area contributed by atoms with Crippen LogP contribution in [-0.2, 0) is 7.05 Å². The summed E-state index contributed by atoms with van der Waals surface area (Å²) in [6.45, 7) is 4.31. The van der Waals surface area contributed by atoms with Gasteiger partial charge in [0, 0.05) is 24.0 Å². The molecule has 2 aromatic carbocycles. The molecule has 4 rings (SSSR count). The van der Waals surface area contributed by atoms with E-state index >= 15 is 0 Å². The minimum absolute atomic E-state index is 1.17. The summed E-state index contributed by atoms with van der Waals surface area (Å²) in [4.78, 5) is 4.30. The Morgan fingerprint density at radius 2 is 1.52 bits per heavy atom. The number of hydrogen-bond donors (Lipinski definition) is 0. The minimum atomic E-state index is 1.17. The van der Waals surface area contributed by atoms with E-state index in [-0.39, 0.29) is 0 Å². The average molecular weight is 351 g/mol. The summed E-state index contributed by atoms with van der Waals surface area (Å²) >= 11 is 0. The maximum atomic E-state index is 4.30. The van der Waals surface area contributed by atoms with Crippen molar-refractivity contribution in [3.05, 3.63) is 96.4 Å². The fraction of sp³-hybridized carbons (Fsp3) is 0.120. The zero-order valence-corrected chi connectivity index (χ0v) is 16.0. The third kappa shape index (κ3) is 3.26. The van der Waals surface area contributed by atoms with E-state index in [1.165, 1.54) is 44.6 Å². The molecule has 0 radical (unpaired) electrons. The van der Waals surface area contributed by atoms with Crippen molar-refractivity contribution in [3.63, 3.8) is 0 Å². The van der Waals surface area contributed by atoms with Crippen molar-refractivity contribution in [2.75, 3.05) is 0 Å². The second kappa shape index (κ2) is 7.16. The summed E-state index contributed by atoms with van der Waals surface area (Å²) in [5.41, 5.74) is 9.86. The molecule has 2 nitrogen and oxygen atoms in total. The molecule has 0 saturated heterocycles. The normalized spacial score (nSPS) is 10.8. The maximum absolute atomic E-state index is 4.30. The Hall–Kier alpha value is -3.26.